The van der Waals surface area contributed by atoms with Crippen molar-refractivity contribution in [1.29, 1.82) is 0 Å². The number of nitrogens with one attached hydrogen (secondary N) is 1. The van der Waals surface area contributed by atoms with Crippen LogP contribution < -0.4 is 19.5 Å². The first-order chi connectivity index (χ1) is 11.6. The second kappa shape index (κ2) is 11.0. The highest BCUT2D eigenvalue weighted by Gasteiger charge is 2.23. The van der Waals surface area contributed by atoms with Crippen molar-refractivity contribution in [3.63, 3.8) is 0 Å². The third kappa shape index (κ3) is 6.61. The number of carbonyl (C=O) groups excluding carboxylic acids is 1. The van der Waals surface area contributed by atoms with Crippen LogP contribution in [0.4, 0.5) is 0 Å². The molecule has 1 atom stereocenters. The second-order valence-corrected chi connectivity index (χ2v) is 5.59. The third-order valence-electron chi connectivity index (χ3n) is 3.83. The van der Waals surface area contributed by atoms with Crippen LogP contribution in [0.3, 0.4) is 0 Å². The lowest BCUT2D eigenvalue weighted by Gasteiger charge is -2.27. The number of morpholine rings is 1. The number of methoxy groups -OCH3 is 2. The van der Waals surface area contributed by atoms with Crippen molar-refractivity contribution >= 4 is 18.3 Å². The average Bonchev–Trinajstić information content (AvgIpc) is 2.64. The number of hydrogen-bond donors (Lipinski definition) is 1. The number of likely N-dealkylation sites (N-methyl/N-ethyl adjacent to an activating group) is 1. The van der Waals surface area contributed by atoms with Crippen molar-refractivity contribution in [3.05, 3.63) is 18.2 Å². The molecule has 25 heavy (non-hydrogen) atoms. The fraction of sp³-hybridized carbons (Fsp3) is 0.588. The number of hydrogen-bond acceptors (Lipinski definition) is 6. The Morgan fingerprint density at radius 3 is 2.44 bits per heavy atom. The van der Waals surface area contributed by atoms with Gasteiger partial charge in [0.1, 0.15) is 23.3 Å². The van der Waals surface area contributed by atoms with Crippen molar-refractivity contribution in [2.45, 2.75) is 12.5 Å². The predicted octanol–water partition coefficient (Wildman–Crippen LogP) is 1.34. The Morgan fingerprint density at radius 2 is 1.88 bits per heavy atom. The van der Waals surface area contributed by atoms with Crippen LogP contribution in [-0.2, 0) is 9.53 Å². The molecule has 142 valence electrons. The number of halogens is 1. The molecule has 1 heterocycles. The van der Waals surface area contributed by atoms with Crippen LogP contribution in [0.5, 0.6) is 17.2 Å². The van der Waals surface area contributed by atoms with Gasteiger partial charge in [-0.15, -0.1) is 12.4 Å². The van der Waals surface area contributed by atoms with Gasteiger partial charge in [-0.25, -0.2) is 0 Å². The second-order valence-electron chi connectivity index (χ2n) is 5.59. The highest BCUT2D eigenvalue weighted by Crippen LogP contribution is 2.27. The minimum atomic E-state index is -0.243. The molecule has 8 heteroatoms. The zero-order chi connectivity index (χ0) is 17.4. The topological polar surface area (TPSA) is 69.3 Å². The lowest BCUT2D eigenvalue weighted by molar-refractivity contribution is -0.135. The molecule has 7 nitrogen and oxygen atoms in total. The van der Waals surface area contributed by atoms with Gasteiger partial charge < -0.3 is 29.2 Å². The van der Waals surface area contributed by atoms with Gasteiger partial charge >= 0.3 is 0 Å². The largest absolute Gasteiger partial charge is 0.496 e. The third-order valence-corrected chi connectivity index (χ3v) is 3.83. The first kappa shape index (κ1) is 21.3. The average molecular weight is 375 g/mol. The molecular weight excluding hydrogens is 348 g/mol. The summed E-state index contributed by atoms with van der Waals surface area (Å²) < 4.78 is 21.5. The van der Waals surface area contributed by atoms with Gasteiger partial charge in [-0.1, -0.05) is 0 Å². The number of rotatable bonds is 8. The van der Waals surface area contributed by atoms with E-state index in [2.05, 4.69) is 5.32 Å². The number of nitrogens with zero attached hydrogens (tertiary/aromatic N) is 1. The van der Waals surface area contributed by atoms with Gasteiger partial charge in [0.25, 0.3) is 0 Å². The van der Waals surface area contributed by atoms with Crippen LogP contribution in [0.15, 0.2) is 18.2 Å². The Balaban J connectivity index is 0.00000312. The Morgan fingerprint density at radius 1 is 1.24 bits per heavy atom. The molecule has 1 amide bonds. The van der Waals surface area contributed by atoms with Crippen molar-refractivity contribution < 1.29 is 23.7 Å². The van der Waals surface area contributed by atoms with Crippen molar-refractivity contribution in [1.82, 2.24) is 10.2 Å². The van der Waals surface area contributed by atoms with Gasteiger partial charge in [-0.2, -0.15) is 0 Å². The quantitative estimate of drug-likeness (QED) is 0.692. The molecule has 1 unspecified atom stereocenters. The first-order valence-corrected chi connectivity index (χ1v) is 8.06. The Bertz CT molecular complexity index is 516. The Labute approximate surface area is 155 Å². The van der Waals surface area contributed by atoms with E-state index in [0.29, 0.717) is 50.2 Å². The number of amides is 1. The molecule has 0 aromatic heterocycles. The van der Waals surface area contributed by atoms with Crippen molar-refractivity contribution in [2.75, 3.05) is 54.2 Å². The fourth-order valence-electron chi connectivity index (χ4n) is 2.46. The van der Waals surface area contributed by atoms with Crippen molar-refractivity contribution in [3.8, 4) is 17.2 Å². The van der Waals surface area contributed by atoms with Crippen LogP contribution >= 0.6 is 12.4 Å². The Hall–Kier alpha value is -1.70. The zero-order valence-electron chi connectivity index (χ0n) is 14.9. The molecule has 1 aromatic rings. The summed E-state index contributed by atoms with van der Waals surface area (Å²) in [5.74, 6) is 2.10. The maximum absolute atomic E-state index is 12.2. The van der Waals surface area contributed by atoms with E-state index in [1.165, 1.54) is 0 Å². The van der Waals surface area contributed by atoms with E-state index in [4.69, 9.17) is 18.9 Å². The van der Waals surface area contributed by atoms with Gasteiger partial charge in [0.15, 0.2) is 0 Å². The van der Waals surface area contributed by atoms with Gasteiger partial charge in [0.05, 0.1) is 34.0 Å². The van der Waals surface area contributed by atoms with Crippen molar-refractivity contribution in [2.24, 2.45) is 0 Å². The summed E-state index contributed by atoms with van der Waals surface area (Å²) in [5.41, 5.74) is 0. The maximum atomic E-state index is 12.2. The molecule has 0 radical (unpaired) electrons. The molecule has 0 spiro atoms. The molecular formula is C17H27ClN2O5. The molecule has 0 bridgehead atoms. The van der Waals surface area contributed by atoms with E-state index in [0.717, 1.165) is 6.42 Å². The van der Waals surface area contributed by atoms with Crippen LogP contribution in [0.25, 0.3) is 0 Å². The predicted molar refractivity (Wildman–Crippen MR) is 97.2 cm³/mol. The van der Waals surface area contributed by atoms with Gasteiger partial charge in [0, 0.05) is 38.3 Å². The summed E-state index contributed by atoms with van der Waals surface area (Å²) in [4.78, 5) is 13.9. The lowest BCUT2D eigenvalue weighted by Crippen LogP contribution is -2.51. The van der Waals surface area contributed by atoms with Crippen LogP contribution in [-0.4, -0.2) is 71.0 Å². The summed E-state index contributed by atoms with van der Waals surface area (Å²) >= 11 is 0. The zero-order valence-corrected chi connectivity index (χ0v) is 15.8. The van der Waals surface area contributed by atoms with Gasteiger partial charge in [0.2, 0.25) is 5.91 Å². The van der Waals surface area contributed by atoms with Crippen LogP contribution in [0, 0.1) is 0 Å². The van der Waals surface area contributed by atoms with Gasteiger partial charge in [-0.05, 0) is 6.42 Å². The molecule has 0 saturated carbocycles. The first-order valence-electron chi connectivity index (χ1n) is 8.06. The summed E-state index contributed by atoms with van der Waals surface area (Å²) in [6, 6.07) is 5.16. The van der Waals surface area contributed by atoms with E-state index < -0.39 is 0 Å². The smallest absolute Gasteiger partial charge is 0.241 e. The van der Waals surface area contributed by atoms with E-state index in [-0.39, 0.29) is 24.4 Å². The molecule has 1 fully saturated rings. The van der Waals surface area contributed by atoms with E-state index >= 15 is 0 Å². The number of carbonyl (C=O) groups is 1. The molecule has 1 N–H and O–H groups in total. The highest BCUT2D eigenvalue weighted by atomic mass is 35.5. The molecule has 0 aliphatic carbocycles. The summed E-state index contributed by atoms with van der Waals surface area (Å²) in [7, 11) is 5.00. The summed E-state index contributed by atoms with van der Waals surface area (Å²) in [6.45, 7) is 2.93. The molecule has 1 aliphatic rings. The summed E-state index contributed by atoms with van der Waals surface area (Å²) in [5, 5.41) is 3.17. The molecule has 2 rings (SSSR count). The monoisotopic (exact) mass is 374 g/mol. The van der Waals surface area contributed by atoms with Crippen LogP contribution in [0.2, 0.25) is 0 Å². The number of ether oxygens (including phenoxy) is 4. The summed E-state index contributed by atoms with van der Waals surface area (Å²) in [6.07, 6.45) is 0.731. The minimum absolute atomic E-state index is 0. The van der Waals surface area contributed by atoms with E-state index in [1.54, 1.807) is 44.4 Å². The standard InChI is InChI=1S/C17H26N2O5.ClH/c1-19(17(20)16-12-23-8-5-18-16)6-4-7-24-15-10-13(21-2)9-14(11-15)22-3;/h9-11,16,18H,4-8,12H2,1-3H3;1H. The number of benzene rings is 1. The van der Waals surface area contributed by atoms with Crippen LogP contribution in [0.1, 0.15) is 6.42 Å². The molecule has 1 aliphatic heterocycles. The minimum Gasteiger partial charge on any atom is -0.496 e. The maximum Gasteiger partial charge on any atom is 0.241 e. The van der Waals surface area contributed by atoms with E-state index in [9.17, 15) is 4.79 Å². The van der Waals surface area contributed by atoms with Gasteiger partial charge in [-0.3, -0.25) is 4.79 Å². The SMILES string of the molecule is COc1cc(OC)cc(OCCCN(C)C(=O)C2COCCN2)c1.Cl. The highest BCUT2D eigenvalue weighted by molar-refractivity contribution is 5.85. The van der Waals surface area contributed by atoms with E-state index in [1.807, 2.05) is 0 Å². The molecule has 1 aromatic carbocycles. The normalized spacial score (nSPS) is 16.5. The Kier molecular flexibility index (Phi) is 9.41. The fourth-order valence-corrected chi connectivity index (χ4v) is 2.46. The molecule has 1 saturated heterocycles. The lowest BCUT2D eigenvalue weighted by atomic mass is 10.2.